The molecule has 0 bridgehead atoms. The van der Waals surface area contributed by atoms with Crippen molar-refractivity contribution in [2.75, 3.05) is 19.7 Å². The number of amides is 1. The van der Waals surface area contributed by atoms with E-state index in [2.05, 4.69) is 0 Å². The van der Waals surface area contributed by atoms with E-state index in [4.69, 9.17) is 4.74 Å². The van der Waals surface area contributed by atoms with E-state index in [-0.39, 0.29) is 29.9 Å². The van der Waals surface area contributed by atoms with Crippen molar-refractivity contribution >= 4 is 11.9 Å². The van der Waals surface area contributed by atoms with Gasteiger partial charge >= 0.3 is 5.97 Å². The Morgan fingerprint density at radius 2 is 1.76 bits per heavy atom. The number of piperidine rings is 1. The van der Waals surface area contributed by atoms with Crippen LogP contribution in [-0.2, 0) is 16.1 Å². The Kier molecular flexibility index (Phi) is 6.35. The fourth-order valence-electron chi connectivity index (χ4n) is 3.91. The number of rotatable bonds is 5. The van der Waals surface area contributed by atoms with Crippen molar-refractivity contribution < 1.29 is 23.1 Å². The van der Waals surface area contributed by atoms with E-state index in [0.717, 1.165) is 11.3 Å². The third kappa shape index (κ3) is 4.33. The largest absolute Gasteiger partial charge is 0.466 e. The third-order valence-electron chi connectivity index (χ3n) is 5.48. The Morgan fingerprint density at radius 3 is 2.34 bits per heavy atom. The summed E-state index contributed by atoms with van der Waals surface area (Å²) in [6, 6.07) is 5.59. The summed E-state index contributed by atoms with van der Waals surface area (Å²) < 4.78 is 35.0. The fraction of sp³-hybridized carbons (Fsp3) is 0.455. The van der Waals surface area contributed by atoms with Crippen LogP contribution in [-0.4, -0.2) is 41.0 Å². The van der Waals surface area contributed by atoms with E-state index in [1.165, 1.54) is 18.2 Å². The van der Waals surface area contributed by atoms with Crippen LogP contribution in [0.1, 0.15) is 47.1 Å². The van der Waals surface area contributed by atoms with E-state index in [1.54, 1.807) is 16.4 Å². The molecule has 29 heavy (non-hydrogen) atoms. The third-order valence-corrected chi connectivity index (χ3v) is 5.48. The molecule has 0 spiro atoms. The van der Waals surface area contributed by atoms with E-state index in [1.807, 2.05) is 19.9 Å². The molecule has 7 heteroatoms. The maximum Gasteiger partial charge on any atom is 0.309 e. The average Bonchev–Trinajstić information content (AvgIpc) is 2.97. The summed E-state index contributed by atoms with van der Waals surface area (Å²) in [5, 5.41) is 0. The van der Waals surface area contributed by atoms with Crippen LogP contribution in [0.15, 0.2) is 24.3 Å². The lowest BCUT2D eigenvalue weighted by Gasteiger charge is -2.31. The highest BCUT2D eigenvalue weighted by Gasteiger charge is 2.31. The zero-order chi connectivity index (χ0) is 21.1. The highest BCUT2D eigenvalue weighted by atomic mass is 19.1. The van der Waals surface area contributed by atoms with E-state index in [9.17, 15) is 18.4 Å². The molecule has 0 aliphatic carbocycles. The van der Waals surface area contributed by atoms with Gasteiger partial charge in [-0.3, -0.25) is 9.59 Å². The van der Waals surface area contributed by atoms with Crippen LogP contribution < -0.4 is 0 Å². The second-order valence-corrected chi connectivity index (χ2v) is 7.42. The number of hydrogen-bond donors (Lipinski definition) is 0. The number of halogens is 2. The van der Waals surface area contributed by atoms with Crippen LogP contribution in [0.25, 0.3) is 0 Å². The highest BCUT2D eigenvalue weighted by Crippen LogP contribution is 2.25. The Hall–Kier alpha value is -2.70. The first-order chi connectivity index (χ1) is 13.8. The molecule has 0 unspecified atom stereocenters. The lowest BCUT2D eigenvalue weighted by atomic mass is 9.96. The number of esters is 1. The molecule has 1 aromatic carbocycles. The second-order valence-electron chi connectivity index (χ2n) is 7.42. The first-order valence-electron chi connectivity index (χ1n) is 9.89. The zero-order valence-corrected chi connectivity index (χ0v) is 17.0. The van der Waals surface area contributed by atoms with Gasteiger partial charge in [-0.25, -0.2) is 8.78 Å². The van der Waals surface area contributed by atoms with Gasteiger partial charge in [-0.2, -0.15) is 0 Å². The first kappa shape index (κ1) is 21.0. The lowest BCUT2D eigenvalue weighted by molar-refractivity contribution is -0.149. The Morgan fingerprint density at radius 1 is 1.14 bits per heavy atom. The number of likely N-dealkylation sites (tertiary alicyclic amines) is 1. The number of ether oxygens (including phenoxy) is 1. The van der Waals surface area contributed by atoms with Crippen LogP contribution in [0.3, 0.4) is 0 Å². The molecule has 3 rings (SSSR count). The van der Waals surface area contributed by atoms with Gasteiger partial charge in [0.2, 0.25) is 0 Å². The fourth-order valence-corrected chi connectivity index (χ4v) is 3.91. The maximum absolute atomic E-state index is 14.2. The van der Waals surface area contributed by atoms with Crippen molar-refractivity contribution in [2.45, 2.75) is 40.2 Å². The van der Waals surface area contributed by atoms with Crippen LogP contribution >= 0.6 is 0 Å². The van der Waals surface area contributed by atoms with Gasteiger partial charge in [0.15, 0.2) is 0 Å². The van der Waals surface area contributed by atoms with Crippen molar-refractivity contribution in [1.82, 2.24) is 9.47 Å². The average molecular weight is 404 g/mol. The molecule has 0 atom stereocenters. The standard InChI is InChI=1S/C22H26F2N2O3/c1-4-29-22(28)16-8-10-25(11-9-16)21(27)20-14(2)12-15(3)26(20)13-17-18(23)6-5-7-19(17)24/h5-7,12,16H,4,8-11,13H2,1-3H3. The molecule has 0 N–H and O–H groups in total. The SMILES string of the molecule is CCOC(=O)C1CCN(C(=O)c2c(C)cc(C)n2Cc2c(F)cccc2F)CC1. The summed E-state index contributed by atoms with van der Waals surface area (Å²) in [5.74, 6) is -1.87. The molecular weight excluding hydrogens is 378 g/mol. The van der Waals surface area contributed by atoms with Crippen LogP contribution in [0.5, 0.6) is 0 Å². The molecule has 0 saturated carbocycles. The minimum Gasteiger partial charge on any atom is -0.466 e. The van der Waals surface area contributed by atoms with Gasteiger partial charge in [-0.05, 0) is 57.4 Å². The molecule has 1 aliphatic rings. The number of carbonyl (C=O) groups excluding carboxylic acids is 2. The maximum atomic E-state index is 14.2. The van der Waals surface area contributed by atoms with Crippen molar-refractivity contribution in [3.8, 4) is 0 Å². The van der Waals surface area contributed by atoms with Gasteiger partial charge in [-0.1, -0.05) is 6.07 Å². The van der Waals surface area contributed by atoms with Crippen molar-refractivity contribution in [3.05, 3.63) is 58.4 Å². The lowest BCUT2D eigenvalue weighted by Crippen LogP contribution is -2.41. The Bertz CT molecular complexity index is 895. The number of carbonyl (C=O) groups is 2. The van der Waals surface area contributed by atoms with Crippen LogP contribution in [0.4, 0.5) is 8.78 Å². The number of hydrogen-bond acceptors (Lipinski definition) is 3. The molecule has 5 nitrogen and oxygen atoms in total. The monoisotopic (exact) mass is 404 g/mol. The molecule has 1 aliphatic heterocycles. The molecule has 0 radical (unpaired) electrons. The molecule has 1 aromatic heterocycles. The summed E-state index contributed by atoms with van der Waals surface area (Å²) in [4.78, 5) is 26.8. The number of benzene rings is 1. The summed E-state index contributed by atoms with van der Waals surface area (Å²) in [6.07, 6.45) is 1.09. The van der Waals surface area contributed by atoms with E-state index in [0.29, 0.717) is 38.2 Å². The molecular formula is C22H26F2N2O3. The summed E-state index contributed by atoms with van der Waals surface area (Å²) >= 11 is 0. The summed E-state index contributed by atoms with van der Waals surface area (Å²) in [5.41, 5.74) is 1.88. The zero-order valence-electron chi connectivity index (χ0n) is 17.0. The molecule has 156 valence electrons. The quantitative estimate of drug-likeness (QED) is 0.712. The smallest absolute Gasteiger partial charge is 0.309 e. The normalized spacial score (nSPS) is 14.9. The molecule has 2 aromatic rings. The highest BCUT2D eigenvalue weighted by molar-refractivity contribution is 5.94. The topological polar surface area (TPSA) is 51.5 Å². The molecule has 1 fully saturated rings. The Balaban J connectivity index is 1.81. The van der Waals surface area contributed by atoms with Crippen molar-refractivity contribution in [2.24, 2.45) is 5.92 Å². The summed E-state index contributed by atoms with van der Waals surface area (Å²) in [7, 11) is 0. The minimum absolute atomic E-state index is 0.0570. The number of aromatic nitrogens is 1. The van der Waals surface area contributed by atoms with Gasteiger partial charge in [0.05, 0.1) is 19.1 Å². The van der Waals surface area contributed by atoms with Gasteiger partial charge in [-0.15, -0.1) is 0 Å². The van der Waals surface area contributed by atoms with E-state index >= 15 is 0 Å². The first-order valence-corrected chi connectivity index (χ1v) is 9.89. The van der Waals surface area contributed by atoms with Gasteiger partial charge in [0.1, 0.15) is 17.3 Å². The predicted molar refractivity (Wildman–Crippen MR) is 105 cm³/mol. The molecule has 2 heterocycles. The minimum atomic E-state index is -0.635. The van der Waals surface area contributed by atoms with Crippen LogP contribution in [0.2, 0.25) is 0 Å². The molecule has 1 amide bonds. The van der Waals surface area contributed by atoms with Crippen molar-refractivity contribution in [1.29, 1.82) is 0 Å². The van der Waals surface area contributed by atoms with Crippen molar-refractivity contribution in [3.63, 3.8) is 0 Å². The number of aryl methyl sites for hydroxylation is 2. The molecule has 1 saturated heterocycles. The second kappa shape index (κ2) is 8.76. The predicted octanol–water partition coefficient (Wildman–Crippen LogP) is 3.85. The number of nitrogens with zero attached hydrogens (tertiary/aromatic N) is 2. The van der Waals surface area contributed by atoms with Gasteiger partial charge < -0.3 is 14.2 Å². The van der Waals surface area contributed by atoms with Crippen LogP contribution in [0, 0.1) is 31.4 Å². The summed E-state index contributed by atoms with van der Waals surface area (Å²) in [6.45, 7) is 6.58. The van der Waals surface area contributed by atoms with Gasteiger partial charge in [0.25, 0.3) is 5.91 Å². The van der Waals surface area contributed by atoms with Gasteiger partial charge in [0, 0.05) is 24.3 Å². The Labute approximate surface area is 169 Å². The van der Waals surface area contributed by atoms with E-state index < -0.39 is 11.6 Å².